The number of nitrogens with two attached hydrogens (primary N) is 1. The van der Waals surface area contributed by atoms with Crippen molar-refractivity contribution >= 4 is 44.8 Å². The van der Waals surface area contributed by atoms with Gasteiger partial charge in [-0.05, 0) is 65.2 Å². The van der Waals surface area contributed by atoms with Crippen molar-refractivity contribution < 1.29 is 0 Å². The molecule has 0 saturated carbocycles. The summed E-state index contributed by atoms with van der Waals surface area (Å²) in [5.41, 5.74) is 7.84. The summed E-state index contributed by atoms with van der Waals surface area (Å²) in [5, 5.41) is 4.88. The molecule has 2 aromatic carbocycles. The molecule has 1 atom stereocenters. The topological polar surface area (TPSA) is 38.0 Å². The van der Waals surface area contributed by atoms with Crippen molar-refractivity contribution in [2.24, 2.45) is 5.73 Å². The molecule has 0 spiro atoms. The third-order valence-corrected chi connectivity index (χ3v) is 4.81. The maximum absolute atomic E-state index is 6.13. The second kappa shape index (κ2) is 7.01. The average Bonchev–Trinajstić information content (AvgIpc) is 2.45. The van der Waals surface area contributed by atoms with Gasteiger partial charge in [-0.25, -0.2) is 0 Å². The summed E-state index contributed by atoms with van der Waals surface area (Å²) in [5.74, 6) is 0. The second-order valence-electron chi connectivity index (χ2n) is 5.32. The van der Waals surface area contributed by atoms with E-state index in [0.717, 1.165) is 21.6 Å². The molecule has 0 amide bonds. The van der Waals surface area contributed by atoms with E-state index in [-0.39, 0.29) is 5.54 Å². The van der Waals surface area contributed by atoms with Crippen LogP contribution in [-0.4, -0.2) is 12.1 Å². The number of anilines is 1. The molecular weight excluding hydrogens is 371 g/mol. The molecule has 0 radical (unpaired) electrons. The van der Waals surface area contributed by atoms with Gasteiger partial charge >= 0.3 is 0 Å². The molecule has 2 aromatic rings. The van der Waals surface area contributed by atoms with Gasteiger partial charge in [0.2, 0.25) is 0 Å². The third-order valence-electron chi connectivity index (χ3n) is 3.32. The maximum Gasteiger partial charge on any atom is 0.0568 e. The zero-order valence-corrected chi connectivity index (χ0v) is 14.8. The highest BCUT2D eigenvalue weighted by molar-refractivity contribution is 9.10. The zero-order chi connectivity index (χ0) is 15.5. The Hall–Kier alpha value is -0.740. The summed E-state index contributed by atoms with van der Waals surface area (Å²) in [4.78, 5) is 0. The molecule has 0 fully saturated rings. The minimum absolute atomic E-state index is 0.259. The van der Waals surface area contributed by atoms with E-state index in [9.17, 15) is 0 Å². The number of hydrogen-bond donors (Lipinski definition) is 2. The van der Waals surface area contributed by atoms with Gasteiger partial charge in [0, 0.05) is 21.7 Å². The Bertz CT molecular complexity index is 616. The summed E-state index contributed by atoms with van der Waals surface area (Å²) in [6.07, 6.45) is 0.800. The van der Waals surface area contributed by atoms with Crippen LogP contribution in [0.2, 0.25) is 10.0 Å². The Morgan fingerprint density at radius 3 is 2.38 bits per heavy atom. The maximum atomic E-state index is 6.13. The molecule has 2 rings (SSSR count). The summed E-state index contributed by atoms with van der Waals surface area (Å²) >= 11 is 15.4. The van der Waals surface area contributed by atoms with Crippen LogP contribution in [0.3, 0.4) is 0 Å². The summed E-state index contributed by atoms with van der Waals surface area (Å²) in [6, 6.07) is 13.6. The van der Waals surface area contributed by atoms with Crippen molar-refractivity contribution in [3.05, 3.63) is 62.5 Å². The van der Waals surface area contributed by atoms with Crippen LogP contribution < -0.4 is 11.1 Å². The fourth-order valence-electron chi connectivity index (χ4n) is 2.14. The smallest absolute Gasteiger partial charge is 0.0568 e. The first kappa shape index (κ1) is 16.6. The van der Waals surface area contributed by atoms with E-state index in [1.807, 2.05) is 42.5 Å². The molecular formula is C16H17BrCl2N2. The SMILES string of the molecule is CC(CN)(Cc1ccc(Cl)cc1)Nc1ccc(Br)c(Cl)c1. The van der Waals surface area contributed by atoms with Crippen molar-refractivity contribution in [1.29, 1.82) is 0 Å². The molecule has 0 aliphatic carbocycles. The number of rotatable bonds is 5. The van der Waals surface area contributed by atoms with E-state index in [4.69, 9.17) is 28.9 Å². The van der Waals surface area contributed by atoms with Gasteiger partial charge in [-0.15, -0.1) is 0 Å². The molecule has 112 valence electrons. The van der Waals surface area contributed by atoms with Crippen molar-refractivity contribution in [2.45, 2.75) is 18.9 Å². The van der Waals surface area contributed by atoms with E-state index >= 15 is 0 Å². The zero-order valence-electron chi connectivity index (χ0n) is 11.7. The van der Waals surface area contributed by atoms with Crippen LogP contribution in [0.1, 0.15) is 12.5 Å². The summed E-state index contributed by atoms with van der Waals surface area (Å²) in [6.45, 7) is 2.60. The molecule has 0 aliphatic rings. The summed E-state index contributed by atoms with van der Waals surface area (Å²) in [7, 11) is 0. The Balaban J connectivity index is 2.16. The Labute approximate surface area is 143 Å². The molecule has 0 aromatic heterocycles. The standard InChI is InChI=1S/C16H17BrCl2N2/c1-16(10-20,9-11-2-4-12(18)5-3-11)21-13-6-7-14(17)15(19)8-13/h2-8,21H,9-10,20H2,1H3. The van der Waals surface area contributed by atoms with Crippen LogP contribution in [0, 0.1) is 0 Å². The molecule has 2 nitrogen and oxygen atoms in total. The Morgan fingerprint density at radius 2 is 1.81 bits per heavy atom. The molecule has 3 N–H and O–H groups in total. The first-order valence-electron chi connectivity index (χ1n) is 6.60. The lowest BCUT2D eigenvalue weighted by molar-refractivity contribution is 0.521. The lowest BCUT2D eigenvalue weighted by Gasteiger charge is -2.31. The minimum Gasteiger partial charge on any atom is -0.378 e. The van der Waals surface area contributed by atoms with Crippen LogP contribution in [0.5, 0.6) is 0 Å². The van der Waals surface area contributed by atoms with Gasteiger partial charge in [-0.2, -0.15) is 0 Å². The van der Waals surface area contributed by atoms with Gasteiger partial charge in [-0.1, -0.05) is 35.3 Å². The van der Waals surface area contributed by atoms with Crippen LogP contribution in [-0.2, 0) is 6.42 Å². The van der Waals surface area contributed by atoms with Crippen molar-refractivity contribution in [1.82, 2.24) is 0 Å². The van der Waals surface area contributed by atoms with Gasteiger partial charge in [0.15, 0.2) is 0 Å². The number of benzene rings is 2. The van der Waals surface area contributed by atoms with Gasteiger partial charge in [0.25, 0.3) is 0 Å². The largest absolute Gasteiger partial charge is 0.378 e. The van der Waals surface area contributed by atoms with Crippen LogP contribution in [0.15, 0.2) is 46.9 Å². The van der Waals surface area contributed by atoms with Gasteiger partial charge in [0.1, 0.15) is 0 Å². The van der Waals surface area contributed by atoms with Crippen molar-refractivity contribution in [3.63, 3.8) is 0 Å². The van der Waals surface area contributed by atoms with Crippen LogP contribution >= 0.6 is 39.1 Å². The third kappa shape index (κ3) is 4.62. The normalized spacial score (nSPS) is 13.8. The lowest BCUT2D eigenvalue weighted by atomic mass is 9.92. The van der Waals surface area contributed by atoms with Gasteiger partial charge in [-0.3, -0.25) is 0 Å². The molecule has 1 unspecified atom stereocenters. The Morgan fingerprint density at radius 1 is 1.14 bits per heavy atom. The highest BCUT2D eigenvalue weighted by atomic mass is 79.9. The monoisotopic (exact) mass is 386 g/mol. The fourth-order valence-corrected chi connectivity index (χ4v) is 2.70. The predicted octanol–water partition coefficient (Wildman–Crippen LogP) is 5.13. The molecule has 5 heteroatoms. The van der Waals surface area contributed by atoms with E-state index in [2.05, 4.69) is 28.2 Å². The molecule has 0 saturated heterocycles. The highest BCUT2D eigenvalue weighted by Crippen LogP contribution is 2.28. The molecule has 21 heavy (non-hydrogen) atoms. The van der Waals surface area contributed by atoms with Crippen LogP contribution in [0.4, 0.5) is 5.69 Å². The van der Waals surface area contributed by atoms with Crippen molar-refractivity contribution in [2.75, 3.05) is 11.9 Å². The summed E-state index contributed by atoms with van der Waals surface area (Å²) < 4.78 is 0.877. The van der Waals surface area contributed by atoms with E-state index < -0.39 is 0 Å². The van der Waals surface area contributed by atoms with E-state index in [0.29, 0.717) is 11.6 Å². The molecule has 0 bridgehead atoms. The number of hydrogen-bond acceptors (Lipinski definition) is 2. The van der Waals surface area contributed by atoms with Crippen molar-refractivity contribution in [3.8, 4) is 0 Å². The molecule has 0 aliphatic heterocycles. The van der Waals surface area contributed by atoms with Crippen LogP contribution in [0.25, 0.3) is 0 Å². The number of nitrogens with one attached hydrogen (secondary N) is 1. The van der Waals surface area contributed by atoms with E-state index in [1.165, 1.54) is 5.56 Å². The predicted molar refractivity (Wildman–Crippen MR) is 95.4 cm³/mol. The minimum atomic E-state index is -0.259. The first-order chi connectivity index (χ1) is 9.92. The molecule has 0 heterocycles. The number of halogens is 3. The highest BCUT2D eigenvalue weighted by Gasteiger charge is 2.23. The first-order valence-corrected chi connectivity index (χ1v) is 8.14. The Kier molecular flexibility index (Phi) is 5.55. The van der Waals surface area contributed by atoms with Gasteiger partial charge < -0.3 is 11.1 Å². The average molecular weight is 388 g/mol. The van der Waals surface area contributed by atoms with E-state index in [1.54, 1.807) is 0 Å². The lowest BCUT2D eigenvalue weighted by Crippen LogP contribution is -2.44. The van der Waals surface area contributed by atoms with Gasteiger partial charge in [0.05, 0.1) is 10.6 Å². The fraction of sp³-hybridized carbons (Fsp3) is 0.250. The quantitative estimate of drug-likeness (QED) is 0.746. The second-order valence-corrected chi connectivity index (χ2v) is 7.02.